The normalized spacial score (nSPS) is 22.1. The van der Waals surface area contributed by atoms with Crippen molar-refractivity contribution in [3.63, 3.8) is 0 Å². The average Bonchev–Trinajstić information content (AvgIpc) is 2.42. The Kier molecular flexibility index (Phi) is 5.29. The molecule has 3 heteroatoms. The second-order valence-electron chi connectivity index (χ2n) is 6.12. The lowest BCUT2D eigenvalue weighted by Crippen LogP contribution is -2.16. The van der Waals surface area contributed by atoms with E-state index in [1.165, 1.54) is 0 Å². The van der Waals surface area contributed by atoms with Crippen molar-refractivity contribution in [2.45, 2.75) is 64.4 Å². The van der Waals surface area contributed by atoms with Gasteiger partial charge >= 0.3 is 0 Å². The zero-order valence-corrected chi connectivity index (χ0v) is 13.0. The number of hydrogen-bond donors (Lipinski definition) is 3. The maximum atomic E-state index is 10.3. The van der Waals surface area contributed by atoms with Gasteiger partial charge in [0.2, 0.25) is 0 Å². The molecule has 0 saturated carbocycles. The highest BCUT2D eigenvalue weighted by Crippen LogP contribution is 2.41. The van der Waals surface area contributed by atoms with Crippen molar-refractivity contribution in [2.24, 2.45) is 0 Å². The minimum Gasteiger partial charge on any atom is -0.507 e. The van der Waals surface area contributed by atoms with Crippen LogP contribution >= 0.6 is 0 Å². The monoisotopic (exact) mass is 290 g/mol. The summed E-state index contributed by atoms with van der Waals surface area (Å²) in [5, 5.41) is 30.3. The van der Waals surface area contributed by atoms with Crippen LogP contribution in [0, 0.1) is 0 Å². The molecule has 0 radical (unpaired) electrons. The lowest BCUT2D eigenvalue weighted by Gasteiger charge is -2.25. The molecule has 3 nitrogen and oxygen atoms in total. The second-order valence-corrected chi connectivity index (χ2v) is 6.12. The van der Waals surface area contributed by atoms with Crippen LogP contribution < -0.4 is 0 Å². The summed E-state index contributed by atoms with van der Waals surface area (Å²) < 4.78 is 0. The minimum absolute atomic E-state index is 0.0157. The summed E-state index contributed by atoms with van der Waals surface area (Å²) >= 11 is 0. The van der Waals surface area contributed by atoms with Crippen LogP contribution in [0.5, 0.6) is 11.5 Å². The number of phenols is 2. The summed E-state index contributed by atoms with van der Waals surface area (Å²) in [7, 11) is 0. The van der Waals surface area contributed by atoms with Crippen molar-refractivity contribution in [3.05, 3.63) is 34.9 Å². The number of rotatable bonds is 5. The highest BCUT2D eigenvalue weighted by Gasteiger charge is 2.24. The minimum atomic E-state index is -0.390. The van der Waals surface area contributed by atoms with Crippen molar-refractivity contribution in [2.75, 3.05) is 0 Å². The maximum absolute atomic E-state index is 10.3. The molecule has 1 aliphatic carbocycles. The Bertz CT molecular complexity index is 496. The number of unbranched alkanes of at least 4 members (excludes halogenated alkanes) is 2. The smallest absolute Gasteiger partial charge is 0.123 e. The first-order valence-corrected chi connectivity index (χ1v) is 7.94. The lowest BCUT2D eigenvalue weighted by atomic mass is 9.83. The first-order valence-electron chi connectivity index (χ1n) is 7.94. The third-order valence-electron chi connectivity index (χ3n) is 4.38. The third-order valence-corrected chi connectivity index (χ3v) is 4.38. The molecule has 0 fully saturated rings. The van der Waals surface area contributed by atoms with Gasteiger partial charge in [-0.2, -0.15) is 0 Å². The Hall–Kier alpha value is -1.48. The van der Waals surface area contributed by atoms with E-state index in [1.807, 2.05) is 13.0 Å². The summed E-state index contributed by atoms with van der Waals surface area (Å²) in [6.45, 7) is 4.05. The Morgan fingerprint density at radius 2 is 1.76 bits per heavy atom. The lowest BCUT2D eigenvalue weighted by molar-refractivity contribution is 0.187. The highest BCUT2D eigenvalue weighted by molar-refractivity contribution is 5.50. The van der Waals surface area contributed by atoms with Gasteiger partial charge in [-0.25, -0.2) is 0 Å². The molecule has 0 heterocycles. The summed E-state index contributed by atoms with van der Waals surface area (Å²) in [6, 6.07) is 3.55. The van der Waals surface area contributed by atoms with Gasteiger partial charge in [-0.1, -0.05) is 25.8 Å². The zero-order valence-electron chi connectivity index (χ0n) is 13.0. The van der Waals surface area contributed by atoms with E-state index in [4.69, 9.17) is 0 Å². The first-order chi connectivity index (χ1) is 10.0. The molecule has 0 aromatic heterocycles. The number of aliphatic hydroxyl groups excluding tert-OH is 1. The van der Waals surface area contributed by atoms with Gasteiger partial charge in [0, 0.05) is 11.5 Å². The molecule has 0 bridgehead atoms. The van der Waals surface area contributed by atoms with E-state index in [9.17, 15) is 15.3 Å². The Morgan fingerprint density at radius 3 is 2.33 bits per heavy atom. The van der Waals surface area contributed by atoms with Gasteiger partial charge in [0.1, 0.15) is 11.5 Å². The number of aromatic hydroxyl groups is 2. The van der Waals surface area contributed by atoms with Crippen LogP contribution in [0.4, 0.5) is 0 Å². The molecule has 2 atom stereocenters. The third kappa shape index (κ3) is 3.79. The maximum Gasteiger partial charge on any atom is 0.123 e. The Morgan fingerprint density at radius 1 is 1.10 bits per heavy atom. The number of allylic oxidation sites excluding steroid dienone is 1. The van der Waals surface area contributed by atoms with Gasteiger partial charge in [-0.3, -0.25) is 0 Å². The van der Waals surface area contributed by atoms with Crippen LogP contribution in [0.1, 0.15) is 63.0 Å². The number of hydrogen-bond acceptors (Lipinski definition) is 3. The number of aliphatic hydroxyl groups is 1. The van der Waals surface area contributed by atoms with Crippen LogP contribution in [0.3, 0.4) is 0 Å². The van der Waals surface area contributed by atoms with Crippen molar-refractivity contribution in [1.82, 2.24) is 0 Å². The van der Waals surface area contributed by atoms with E-state index in [2.05, 4.69) is 6.92 Å². The van der Waals surface area contributed by atoms with Crippen LogP contribution in [-0.2, 0) is 6.42 Å². The van der Waals surface area contributed by atoms with Gasteiger partial charge < -0.3 is 15.3 Å². The quantitative estimate of drug-likeness (QED) is 0.567. The van der Waals surface area contributed by atoms with E-state index < -0.39 is 0 Å². The van der Waals surface area contributed by atoms with Crippen molar-refractivity contribution >= 4 is 0 Å². The summed E-state index contributed by atoms with van der Waals surface area (Å²) in [5.41, 5.74) is 2.50. The summed E-state index contributed by atoms with van der Waals surface area (Å²) in [4.78, 5) is 0. The van der Waals surface area contributed by atoms with Crippen molar-refractivity contribution < 1.29 is 15.3 Å². The van der Waals surface area contributed by atoms with Gasteiger partial charge in [0.25, 0.3) is 0 Å². The molecule has 21 heavy (non-hydrogen) atoms. The average molecular weight is 290 g/mol. The van der Waals surface area contributed by atoms with Crippen molar-refractivity contribution in [1.29, 1.82) is 0 Å². The van der Waals surface area contributed by atoms with Crippen LogP contribution in [0.2, 0.25) is 0 Å². The molecule has 0 amide bonds. The first kappa shape index (κ1) is 15.9. The predicted octanol–water partition coefficient (Wildman–Crippen LogP) is 4.02. The molecular formula is C18H26O3. The number of aryl methyl sites for hydroxylation is 1. The second kappa shape index (κ2) is 6.99. The predicted molar refractivity (Wildman–Crippen MR) is 84.7 cm³/mol. The zero-order chi connectivity index (χ0) is 15.4. The Labute approximate surface area is 126 Å². The molecule has 1 aromatic rings. The van der Waals surface area contributed by atoms with E-state index in [1.54, 1.807) is 12.1 Å². The SMILES string of the molecule is CCCCCc1cc(O)c(C2C=C(C)C(O)CC2)c(O)c1. The Balaban J connectivity index is 2.21. The molecule has 116 valence electrons. The van der Waals surface area contributed by atoms with Crippen LogP contribution in [-0.4, -0.2) is 21.4 Å². The highest BCUT2D eigenvalue weighted by atomic mass is 16.3. The molecule has 1 aliphatic rings. The standard InChI is InChI=1S/C18H26O3/c1-3-4-5-6-13-10-16(20)18(17(21)11-13)14-7-8-15(19)12(2)9-14/h9-11,14-15,19-21H,3-8H2,1-2H3. The fraction of sp³-hybridized carbons (Fsp3) is 0.556. The number of benzene rings is 1. The van der Waals surface area contributed by atoms with Gasteiger partial charge in [0.05, 0.1) is 6.10 Å². The fourth-order valence-electron chi connectivity index (χ4n) is 3.09. The molecular weight excluding hydrogens is 264 g/mol. The molecule has 2 rings (SSSR count). The number of phenolic OH excluding ortho intramolecular Hbond substituents is 2. The van der Waals surface area contributed by atoms with E-state index in [-0.39, 0.29) is 23.5 Å². The fourth-order valence-corrected chi connectivity index (χ4v) is 3.09. The van der Waals surface area contributed by atoms with E-state index in [0.29, 0.717) is 12.0 Å². The molecule has 0 saturated heterocycles. The molecule has 0 spiro atoms. The van der Waals surface area contributed by atoms with Gasteiger partial charge in [-0.05, 0) is 55.9 Å². The molecule has 2 unspecified atom stereocenters. The van der Waals surface area contributed by atoms with Crippen molar-refractivity contribution in [3.8, 4) is 11.5 Å². The summed E-state index contributed by atoms with van der Waals surface area (Å²) in [5.74, 6) is 0.331. The molecule has 3 N–H and O–H groups in total. The van der Waals surface area contributed by atoms with Gasteiger partial charge in [0.15, 0.2) is 0 Å². The summed E-state index contributed by atoms with van der Waals surface area (Å²) in [6.07, 6.45) is 7.25. The van der Waals surface area contributed by atoms with Crippen LogP contribution in [0.15, 0.2) is 23.8 Å². The van der Waals surface area contributed by atoms with E-state index >= 15 is 0 Å². The largest absolute Gasteiger partial charge is 0.507 e. The van der Waals surface area contributed by atoms with Gasteiger partial charge in [-0.15, -0.1) is 0 Å². The molecule has 1 aromatic carbocycles. The van der Waals surface area contributed by atoms with E-state index in [0.717, 1.165) is 43.2 Å². The molecule has 0 aliphatic heterocycles. The topological polar surface area (TPSA) is 60.7 Å². The van der Waals surface area contributed by atoms with Crippen LogP contribution in [0.25, 0.3) is 0 Å².